The normalized spacial score (nSPS) is 15.5. The second kappa shape index (κ2) is 8.10. The lowest BCUT2D eigenvalue weighted by Crippen LogP contribution is -2.46. The molecule has 1 fully saturated rings. The van der Waals surface area contributed by atoms with E-state index in [0.717, 1.165) is 36.7 Å². The molecular formula is C22H26N4OS. The van der Waals surface area contributed by atoms with Crippen LogP contribution in [0.5, 0.6) is 5.75 Å². The number of hydrogen-bond donors (Lipinski definition) is 1. The van der Waals surface area contributed by atoms with Crippen molar-refractivity contribution in [2.45, 2.75) is 19.9 Å². The Morgan fingerprint density at radius 2 is 1.39 bits per heavy atom. The topological polar surface area (TPSA) is 44.0 Å². The van der Waals surface area contributed by atoms with E-state index in [2.05, 4.69) is 64.1 Å². The van der Waals surface area contributed by atoms with Crippen LogP contribution >= 0.6 is 11.3 Å². The molecule has 1 aliphatic rings. The molecule has 0 atom stereocenters. The fraction of sp³-hybridized carbons (Fsp3) is 0.318. The van der Waals surface area contributed by atoms with E-state index in [1.165, 1.54) is 11.4 Å². The van der Waals surface area contributed by atoms with Crippen LogP contribution in [-0.4, -0.2) is 35.9 Å². The van der Waals surface area contributed by atoms with Gasteiger partial charge in [0.25, 0.3) is 0 Å². The van der Waals surface area contributed by atoms with Crippen LogP contribution in [0.15, 0.2) is 65.1 Å². The highest BCUT2D eigenvalue weighted by Crippen LogP contribution is 2.24. The zero-order valence-electron chi connectivity index (χ0n) is 16.3. The van der Waals surface area contributed by atoms with Gasteiger partial charge in [-0.05, 0) is 62.4 Å². The van der Waals surface area contributed by atoms with E-state index >= 15 is 0 Å². The number of nitrogens with zero attached hydrogens (tertiary/aromatic N) is 4. The summed E-state index contributed by atoms with van der Waals surface area (Å²) in [6.07, 6.45) is 2.09. The number of aromatic hydroxyl groups is 1. The minimum Gasteiger partial charge on any atom is -0.508 e. The quantitative estimate of drug-likeness (QED) is 0.713. The number of phenolic OH excluding ortho intramolecular Hbond substituents is 1. The van der Waals surface area contributed by atoms with Crippen molar-refractivity contribution >= 4 is 28.4 Å². The molecule has 1 aliphatic heterocycles. The van der Waals surface area contributed by atoms with Gasteiger partial charge in [0.05, 0.1) is 5.69 Å². The molecule has 0 saturated carbocycles. The van der Waals surface area contributed by atoms with Gasteiger partial charge in [0.15, 0.2) is 4.80 Å². The molecule has 1 aromatic heterocycles. The predicted molar refractivity (Wildman–Crippen MR) is 117 cm³/mol. The number of thiazole rings is 1. The number of rotatable bonds is 4. The maximum absolute atomic E-state index is 9.46. The molecule has 3 aromatic rings. The van der Waals surface area contributed by atoms with E-state index in [9.17, 15) is 5.11 Å². The van der Waals surface area contributed by atoms with Gasteiger partial charge in [-0.25, -0.2) is 4.99 Å². The second-order valence-corrected chi connectivity index (χ2v) is 8.18. The van der Waals surface area contributed by atoms with E-state index in [0.29, 0.717) is 11.8 Å². The Morgan fingerprint density at radius 3 is 1.93 bits per heavy atom. The van der Waals surface area contributed by atoms with E-state index in [1.807, 2.05) is 12.1 Å². The molecule has 1 saturated heterocycles. The summed E-state index contributed by atoms with van der Waals surface area (Å²) in [5.41, 5.74) is 3.40. The van der Waals surface area contributed by atoms with Crippen molar-refractivity contribution in [1.82, 2.24) is 4.57 Å². The number of hydrogen-bond acceptors (Lipinski definition) is 5. The van der Waals surface area contributed by atoms with Crippen molar-refractivity contribution in [3.8, 4) is 5.75 Å². The number of benzene rings is 2. The molecule has 4 rings (SSSR count). The Hall–Kier alpha value is -2.73. The van der Waals surface area contributed by atoms with Crippen LogP contribution in [0.4, 0.5) is 17.1 Å². The van der Waals surface area contributed by atoms with Gasteiger partial charge >= 0.3 is 0 Å². The fourth-order valence-electron chi connectivity index (χ4n) is 3.49. The summed E-state index contributed by atoms with van der Waals surface area (Å²) in [5.74, 6) is 0.314. The predicted octanol–water partition coefficient (Wildman–Crippen LogP) is 4.40. The summed E-state index contributed by atoms with van der Waals surface area (Å²) >= 11 is 1.67. The van der Waals surface area contributed by atoms with Crippen LogP contribution in [0, 0.1) is 0 Å². The summed E-state index contributed by atoms with van der Waals surface area (Å²) < 4.78 is 2.20. The van der Waals surface area contributed by atoms with Gasteiger partial charge in [-0.3, -0.25) is 0 Å². The first-order valence-corrected chi connectivity index (χ1v) is 10.6. The van der Waals surface area contributed by atoms with Gasteiger partial charge in [-0.1, -0.05) is 0 Å². The molecule has 1 N–H and O–H groups in total. The summed E-state index contributed by atoms with van der Waals surface area (Å²) in [5, 5.41) is 11.5. The van der Waals surface area contributed by atoms with Crippen LogP contribution in [0.3, 0.4) is 0 Å². The number of piperazine rings is 1. The fourth-order valence-corrected chi connectivity index (χ4v) is 4.36. The Kier molecular flexibility index (Phi) is 5.39. The monoisotopic (exact) mass is 394 g/mol. The summed E-state index contributed by atoms with van der Waals surface area (Å²) in [6, 6.07) is 16.4. The average Bonchev–Trinajstić information content (AvgIpc) is 3.18. The lowest BCUT2D eigenvalue weighted by molar-refractivity contribution is 0.475. The molecule has 28 heavy (non-hydrogen) atoms. The summed E-state index contributed by atoms with van der Waals surface area (Å²) in [4.78, 5) is 10.6. The van der Waals surface area contributed by atoms with E-state index in [-0.39, 0.29) is 0 Å². The Balaban J connectivity index is 1.42. The number of phenols is 1. The zero-order valence-corrected chi connectivity index (χ0v) is 17.1. The summed E-state index contributed by atoms with van der Waals surface area (Å²) in [6.45, 7) is 8.26. The highest BCUT2D eigenvalue weighted by molar-refractivity contribution is 7.07. The largest absolute Gasteiger partial charge is 0.508 e. The van der Waals surface area contributed by atoms with Crippen molar-refractivity contribution in [3.05, 3.63) is 64.9 Å². The molecular weight excluding hydrogens is 368 g/mol. The maximum Gasteiger partial charge on any atom is 0.190 e. The van der Waals surface area contributed by atoms with Crippen molar-refractivity contribution in [1.29, 1.82) is 0 Å². The molecule has 2 heterocycles. The number of anilines is 2. The lowest BCUT2D eigenvalue weighted by Gasteiger charge is -2.37. The minimum absolute atomic E-state index is 0.314. The molecule has 146 valence electrons. The molecule has 5 nitrogen and oxygen atoms in total. The first-order valence-electron chi connectivity index (χ1n) is 9.69. The van der Waals surface area contributed by atoms with Gasteiger partial charge in [-0.2, -0.15) is 0 Å². The standard InChI is InChI=1S/C22H26N4OS/c1-17(2)26-15-16-28-22(26)23-18-3-5-19(6-4-18)24-11-13-25(14-12-24)20-7-9-21(27)10-8-20/h3-10,15-17,27H,11-14H2,1-2H3/b23-22-. The lowest BCUT2D eigenvalue weighted by atomic mass is 10.2. The Morgan fingerprint density at radius 1 is 0.857 bits per heavy atom. The third-order valence-electron chi connectivity index (χ3n) is 5.11. The molecule has 0 spiro atoms. The van der Waals surface area contributed by atoms with Crippen molar-refractivity contribution in [2.24, 2.45) is 4.99 Å². The molecule has 2 aromatic carbocycles. The molecule has 0 bridgehead atoms. The zero-order chi connectivity index (χ0) is 19.5. The molecule has 0 amide bonds. The molecule has 6 heteroatoms. The first-order chi connectivity index (χ1) is 13.6. The Bertz CT molecular complexity index is 965. The minimum atomic E-state index is 0.314. The van der Waals surface area contributed by atoms with Gasteiger partial charge in [0.2, 0.25) is 0 Å². The number of aromatic nitrogens is 1. The maximum atomic E-state index is 9.46. The van der Waals surface area contributed by atoms with Crippen LogP contribution in [0.1, 0.15) is 19.9 Å². The van der Waals surface area contributed by atoms with Crippen LogP contribution < -0.4 is 14.6 Å². The van der Waals surface area contributed by atoms with Crippen molar-refractivity contribution < 1.29 is 5.11 Å². The van der Waals surface area contributed by atoms with Crippen LogP contribution in [0.25, 0.3) is 0 Å². The van der Waals surface area contributed by atoms with Gasteiger partial charge in [0, 0.05) is 55.2 Å². The Labute approximate surface area is 169 Å². The van der Waals surface area contributed by atoms with E-state index in [1.54, 1.807) is 23.5 Å². The van der Waals surface area contributed by atoms with Crippen LogP contribution in [0.2, 0.25) is 0 Å². The third kappa shape index (κ3) is 4.07. The third-order valence-corrected chi connectivity index (χ3v) is 5.88. The van der Waals surface area contributed by atoms with Crippen molar-refractivity contribution in [2.75, 3.05) is 36.0 Å². The van der Waals surface area contributed by atoms with Crippen molar-refractivity contribution in [3.63, 3.8) is 0 Å². The smallest absolute Gasteiger partial charge is 0.190 e. The first kappa shape index (κ1) is 18.6. The van der Waals surface area contributed by atoms with Gasteiger partial charge in [-0.15, -0.1) is 11.3 Å². The molecule has 0 aliphatic carbocycles. The summed E-state index contributed by atoms with van der Waals surface area (Å²) in [7, 11) is 0. The van der Waals surface area contributed by atoms with Gasteiger partial charge < -0.3 is 19.5 Å². The van der Waals surface area contributed by atoms with E-state index < -0.39 is 0 Å². The van der Waals surface area contributed by atoms with Crippen LogP contribution in [-0.2, 0) is 0 Å². The highest BCUT2D eigenvalue weighted by Gasteiger charge is 2.17. The highest BCUT2D eigenvalue weighted by atomic mass is 32.1. The molecule has 0 unspecified atom stereocenters. The SMILES string of the molecule is CC(C)n1ccs/c1=N\c1ccc(N2CCN(c3ccc(O)cc3)CC2)cc1. The second-order valence-electron chi connectivity index (χ2n) is 7.31. The average molecular weight is 395 g/mol. The molecule has 0 radical (unpaired) electrons. The van der Waals surface area contributed by atoms with E-state index in [4.69, 9.17) is 4.99 Å². The van der Waals surface area contributed by atoms with Gasteiger partial charge in [0.1, 0.15) is 5.75 Å².